The molecule has 0 aliphatic heterocycles. The number of hydrogen-bond acceptors (Lipinski definition) is 1. The van der Waals surface area contributed by atoms with Crippen molar-refractivity contribution in [3.63, 3.8) is 0 Å². The molecule has 0 radical (unpaired) electrons. The number of hydrogen-bond donors (Lipinski definition) is 0. The topological polar surface area (TPSA) is 9.23 Å². The van der Waals surface area contributed by atoms with Crippen LogP contribution < -0.4 is 4.74 Å². The van der Waals surface area contributed by atoms with E-state index < -0.39 is 0 Å². The fraction of sp³-hybridized carbons (Fsp3) is 0.600. The molecule has 1 fully saturated rings. The Kier molecular flexibility index (Phi) is 5.52. The SMILES string of the molecule is COc1cc(F)c(Br)cc1C(Cl)CCC1CCCC1. The van der Waals surface area contributed by atoms with Crippen LogP contribution in [0.3, 0.4) is 0 Å². The summed E-state index contributed by atoms with van der Waals surface area (Å²) in [7, 11) is 1.55. The molecule has 0 N–H and O–H groups in total. The zero-order valence-electron chi connectivity index (χ0n) is 11.1. The molecule has 1 aliphatic carbocycles. The molecule has 1 aromatic rings. The normalized spacial score (nSPS) is 17.7. The van der Waals surface area contributed by atoms with Crippen molar-refractivity contribution in [2.45, 2.75) is 43.9 Å². The van der Waals surface area contributed by atoms with Crippen LogP contribution in [0.15, 0.2) is 16.6 Å². The maximum atomic E-state index is 13.5. The van der Waals surface area contributed by atoms with Crippen molar-refractivity contribution in [2.24, 2.45) is 5.92 Å². The highest BCUT2D eigenvalue weighted by Gasteiger charge is 2.20. The van der Waals surface area contributed by atoms with Crippen LogP contribution in [0.4, 0.5) is 4.39 Å². The van der Waals surface area contributed by atoms with Gasteiger partial charge in [-0.05, 0) is 40.8 Å². The van der Waals surface area contributed by atoms with Gasteiger partial charge in [0.15, 0.2) is 0 Å². The lowest BCUT2D eigenvalue weighted by Crippen LogP contribution is -2.00. The van der Waals surface area contributed by atoms with Gasteiger partial charge < -0.3 is 4.74 Å². The van der Waals surface area contributed by atoms with Gasteiger partial charge in [-0.15, -0.1) is 11.6 Å². The molecular weight excluding hydrogens is 331 g/mol. The highest BCUT2D eigenvalue weighted by atomic mass is 79.9. The van der Waals surface area contributed by atoms with Crippen molar-refractivity contribution < 1.29 is 9.13 Å². The van der Waals surface area contributed by atoms with Crippen LogP contribution in [0.25, 0.3) is 0 Å². The van der Waals surface area contributed by atoms with Crippen molar-refractivity contribution >= 4 is 27.5 Å². The Morgan fingerprint density at radius 2 is 2.11 bits per heavy atom. The molecule has 19 heavy (non-hydrogen) atoms. The Morgan fingerprint density at radius 1 is 1.42 bits per heavy atom. The first-order chi connectivity index (χ1) is 9.11. The van der Waals surface area contributed by atoms with E-state index in [0.717, 1.165) is 24.3 Å². The van der Waals surface area contributed by atoms with Crippen LogP contribution in [0.5, 0.6) is 5.75 Å². The zero-order valence-corrected chi connectivity index (χ0v) is 13.4. The number of rotatable bonds is 5. The summed E-state index contributed by atoms with van der Waals surface area (Å²) in [5.74, 6) is 1.03. The van der Waals surface area contributed by atoms with E-state index in [-0.39, 0.29) is 11.2 Å². The number of ether oxygens (including phenoxy) is 1. The van der Waals surface area contributed by atoms with Crippen LogP contribution in [-0.2, 0) is 0 Å². The number of halogens is 3. The molecule has 1 unspecified atom stereocenters. The lowest BCUT2D eigenvalue weighted by atomic mass is 9.97. The van der Waals surface area contributed by atoms with Crippen LogP contribution >= 0.6 is 27.5 Å². The molecule has 1 aromatic carbocycles. The molecule has 0 bridgehead atoms. The first-order valence-electron chi connectivity index (χ1n) is 6.78. The number of alkyl halides is 1. The maximum Gasteiger partial charge on any atom is 0.141 e. The summed E-state index contributed by atoms with van der Waals surface area (Å²) in [6.07, 6.45) is 7.42. The molecule has 0 amide bonds. The summed E-state index contributed by atoms with van der Waals surface area (Å²) in [4.78, 5) is 0. The van der Waals surface area contributed by atoms with Crippen LogP contribution in [0.2, 0.25) is 0 Å². The third kappa shape index (κ3) is 3.85. The highest BCUT2D eigenvalue weighted by molar-refractivity contribution is 9.10. The minimum absolute atomic E-state index is 0.118. The molecule has 0 aromatic heterocycles. The second kappa shape index (κ2) is 6.94. The highest BCUT2D eigenvalue weighted by Crippen LogP contribution is 2.39. The van der Waals surface area contributed by atoms with E-state index >= 15 is 0 Å². The zero-order chi connectivity index (χ0) is 13.8. The molecule has 1 aliphatic rings. The van der Waals surface area contributed by atoms with Gasteiger partial charge in [0.2, 0.25) is 0 Å². The second-order valence-electron chi connectivity index (χ2n) is 5.20. The van der Waals surface area contributed by atoms with Crippen molar-refractivity contribution in [3.05, 3.63) is 28.0 Å². The minimum Gasteiger partial charge on any atom is -0.496 e. The summed E-state index contributed by atoms with van der Waals surface area (Å²) in [5, 5.41) is -0.118. The van der Waals surface area contributed by atoms with E-state index in [9.17, 15) is 4.39 Å². The Bertz CT molecular complexity index is 432. The Balaban J connectivity index is 2.04. The quantitative estimate of drug-likeness (QED) is 0.606. The molecule has 2 rings (SSSR count). The molecule has 1 saturated carbocycles. The standard InChI is InChI=1S/C15H19BrClFO/c1-19-15-9-14(18)12(16)8-11(15)13(17)7-6-10-4-2-3-5-10/h8-10,13H,2-7H2,1H3. The third-order valence-electron chi connectivity index (χ3n) is 3.91. The van der Waals surface area contributed by atoms with Crippen molar-refractivity contribution in [1.82, 2.24) is 0 Å². The molecule has 0 spiro atoms. The summed E-state index contributed by atoms with van der Waals surface area (Å²) in [5.41, 5.74) is 0.871. The van der Waals surface area contributed by atoms with Gasteiger partial charge in [0.25, 0.3) is 0 Å². The first kappa shape index (κ1) is 15.1. The van der Waals surface area contributed by atoms with Crippen LogP contribution in [0.1, 0.15) is 49.5 Å². The van der Waals surface area contributed by atoms with Crippen LogP contribution in [0, 0.1) is 11.7 Å². The third-order valence-corrected chi connectivity index (χ3v) is 4.97. The predicted octanol–water partition coefficient (Wildman–Crippen LogP) is 5.85. The second-order valence-corrected chi connectivity index (χ2v) is 6.58. The van der Waals surface area contributed by atoms with E-state index in [0.29, 0.717) is 10.2 Å². The van der Waals surface area contributed by atoms with Gasteiger partial charge in [0.1, 0.15) is 11.6 Å². The predicted molar refractivity (Wildman–Crippen MR) is 80.4 cm³/mol. The van der Waals surface area contributed by atoms with Gasteiger partial charge in [-0.2, -0.15) is 0 Å². The van der Waals surface area contributed by atoms with E-state index in [4.69, 9.17) is 16.3 Å². The summed E-state index contributed by atoms with van der Waals surface area (Å²) in [6.45, 7) is 0. The van der Waals surface area contributed by atoms with Gasteiger partial charge >= 0.3 is 0 Å². The fourth-order valence-corrected chi connectivity index (χ4v) is 3.46. The van der Waals surface area contributed by atoms with Gasteiger partial charge in [-0.1, -0.05) is 25.7 Å². The molecule has 106 valence electrons. The molecule has 1 nitrogen and oxygen atoms in total. The Labute approximate surface area is 127 Å². The number of benzene rings is 1. The minimum atomic E-state index is -0.319. The smallest absolute Gasteiger partial charge is 0.141 e. The summed E-state index contributed by atoms with van der Waals surface area (Å²) >= 11 is 9.68. The first-order valence-corrected chi connectivity index (χ1v) is 8.01. The van der Waals surface area contributed by atoms with E-state index in [1.165, 1.54) is 31.7 Å². The number of methoxy groups -OCH3 is 1. The maximum absolute atomic E-state index is 13.5. The Hall–Kier alpha value is -0.280. The van der Waals surface area contributed by atoms with E-state index in [1.807, 2.05) is 0 Å². The Morgan fingerprint density at radius 3 is 2.74 bits per heavy atom. The lowest BCUT2D eigenvalue weighted by molar-refractivity contribution is 0.402. The largest absolute Gasteiger partial charge is 0.496 e. The van der Waals surface area contributed by atoms with Gasteiger partial charge in [-0.3, -0.25) is 0 Å². The lowest BCUT2D eigenvalue weighted by Gasteiger charge is -2.16. The van der Waals surface area contributed by atoms with Gasteiger partial charge in [0.05, 0.1) is 17.0 Å². The average molecular weight is 350 g/mol. The molecular formula is C15H19BrClFO. The molecule has 0 heterocycles. The van der Waals surface area contributed by atoms with Crippen molar-refractivity contribution in [1.29, 1.82) is 0 Å². The van der Waals surface area contributed by atoms with Crippen molar-refractivity contribution in [3.8, 4) is 5.75 Å². The average Bonchev–Trinajstić information content (AvgIpc) is 2.91. The van der Waals surface area contributed by atoms with Gasteiger partial charge in [0, 0.05) is 11.6 Å². The molecule has 4 heteroatoms. The van der Waals surface area contributed by atoms with Crippen molar-refractivity contribution in [2.75, 3.05) is 7.11 Å². The monoisotopic (exact) mass is 348 g/mol. The van der Waals surface area contributed by atoms with E-state index in [1.54, 1.807) is 13.2 Å². The molecule has 1 atom stereocenters. The summed E-state index contributed by atoms with van der Waals surface area (Å²) < 4.78 is 19.1. The van der Waals surface area contributed by atoms with Crippen LogP contribution in [-0.4, -0.2) is 7.11 Å². The summed E-state index contributed by atoms with van der Waals surface area (Å²) in [6, 6.07) is 3.13. The fourth-order valence-electron chi connectivity index (χ4n) is 2.80. The molecule has 0 saturated heterocycles. The van der Waals surface area contributed by atoms with Gasteiger partial charge in [-0.25, -0.2) is 4.39 Å². The van der Waals surface area contributed by atoms with E-state index in [2.05, 4.69) is 15.9 Å².